The molecule has 1 amide bonds. The van der Waals surface area contributed by atoms with Gasteiger partial charge in [-0.05, 0) is 19.2 Å². The second kappa shape index (κ2) is 5.71. The van der Waals surface area contributed by atoms with Crippen LogP contribution in [-0.2, 0) is 0 Å². The van der Waals surface area contributed by atoms with Crippen LogP contribution in [0, 0.1) is 0 Å². The molecule has 1 aromatic rings. The zero-order chi connectivity index (χ0) is 13.8. The van der Waals surface area contributed by atoms with Crippen molar-refractivity contribution in [2.24, 2.45) is 5.10 Å². The van der Waals surface area contributed by atoms with E-state index in [2.05, 4.69) is 15.4 Å². The van der Waals surface area contributed by atoms with Gasteiger partial charge >= 0.3 is 0 Å². The lowest BCUT2D eigenvalue weighted by Gasteiger charge is -2.22. The van der Waals surface area contributed by atoms with Gasteiger partial charge in [-0.15, -0.1) is 0 Å². The van der Waals surface area contributed by atoms with Crippen molar-refractivity contribution >= 4 is 11.6 Å². The molecule has 1 fully saturated rings. The average molecular weight is 263 g/mol. The van der Waals surface area contributed by atoms with Crippen molar-refractivity contribution in [2.45, 2.75) is 12.8 Å². The Bertz CT molecular complexity index is 504. The van der Waals surface area contributed by atoms with Crippen LogP contribution in [0.25, 0.3) is 0 Å². The maximum absolute atomic E-state index is 11.8. The summed E-state index contributed by atoms with van der Waals surface area (Å²) < 4.78 is 0. The molecule has 0 spiro atoms. The van der Waals surface area contributed by atoms with E-state index in [9.17, 15) is 9.90 Å². The number of aromatic hydroxyl groups is 2. The summed E-state index contributed by atoms with van der Waals surface area (Å²) in [6.45, 7) is 1.86. The molecule has 0 aliphatic carbocycles. The van der Waals surface area contributed by atoms with E-state index in [4.69, 9.17) is 5.11 Å². The first-order chi connectivity index (χ1) is 9.06. The van der Waals surface area contributed by atoms with Crippen molar-refractivity contribution in [2.75, 3.05) is 20.1 Å². The molecule has 6 heteroatoms. The fraction of sp³-hybridized carbons (Fsp3) is 0.385. The fourth-order valence-electron chi connectivity index (χ4n) is 1.89. The highest BCUT2D eigenvalue weighted by atomic mass is 16.3. The second-order valence-corrected chi connectivity index (χ2v) is 4.62. The molecule has 2 rings (SSSR count). The molecule has 19 heavy (non-hydrogen) atoms. The molecule has 6 nitrogen and oxygen atoms in total. The summed E-state index contributed by atoms with van der Waals surface area (Å²) in [4.78, 5) is 14.0. The summed E-state index contributed by atoms with van der Waals surface area (Å²) in [6.07, 6.45) is 1.66. The maximum Gasteiger partial charge on any atom is 0.275 e. The summed E-state index contributed by atoms with van der Waals surface area (Å²) >= 11 is 0. The summed E-state index contributed by atoms with van der Waals surface area (Å²) in [6, 6.07) is 3.82. The zero-order valence-electron chi connectivity index (χ0n) is 10.8. The molecule has 1 aromatic carbocycles. The van der Waals surface area contributed by atoms with Crippen molar-refractivity contribution in [1.82, 2.24) is 10.3 Å². The van der Waals surface area contributed by atoms with Crippen LogP contribution >= 0.6 is 0 Å². The van der Waals surface area contributed by atoms with Crippen LogP contribution in [0.4, 0.5) is 0 Å². The van der Waals surface area contributed by atoms with Gasteiger partial charge in [0.2, 0.25) is 0 Å². The number of phenols is 2. The Hall–Kier alpha value is -2.08. The molecule has 0 radical (unpaired) electrons. The number of benzene rings is 1. The minimum atomic E-state index is -0.482. The number of piperidine rings is 1. The van der Waals surface area contributed by atoms with Crippen molar-refractivity contribution in [1.29, 1.82) is 0 Å². The molecule has 102 valence electrons. The van der Waals surface area contributed by atoms with E-state index in [1.54, 1.807) is 0 Å². The smallest absolute Gasteiger partial charge is 0.275 e. The standard InChI is InChI=1S/C13H17N3O3/c1-16-6-4-9(5-7-16)14-15-13(19)11-3-2-10(17)8-12(11)18/h2-3,8,17-18H,4-7H2,1H3,(H,15,19). The Morgan fingerprint density at radius 2 is 2.00 bits per heavy atom. The van der Waals surface area contributed by atoms with Gasteiger partial charge in [-0.1, -0.05) is 0 Å². The van der Waals surface area contributed by atoms with Gasteiger partial charge < -0.3 is 15.1 Å². The number of rotatable bonds is 2. The molecule has 0 saturated carbocycles. The van der Waals surface area contributed by atoms with Crippen LogP contribution in [0.15, 0.2) is 23.3 Å². The first kappa shape index (κ1) is 13.4. The number of nitrogens with zero attached hydrogens (tertiary/aromatic N) is 2. The topological polar surface area (TPSA) is 85.2 Å². The van der Waals surface area contributed by atoms with Gasteiger partial charge in [-0.2, -0.15) is 5.10 Å². The Morgan fingerprint density at radius 1 is 1.32 bits per heavy atom. The number of carbonyl (C=O) groups excluding carboxylic acids is 1. The molecule has 0 atom stereocenters. The van der Waals surface area contributed by atoms with Crippen LogP contribution in [-0.4, -0.2) is 46.9 Å². The molecular formula is C13H17N3O3. The number of amides is 1. The zero-order valence-corrected chi connectivity index (χ0v) is 10.8. The molecule has 0 aromatic heterocycles. The lowest BCUT2D eigenvalue weighted by Crippen LogP contribution is -2.32. The highest BCUT2D eigenvalue weighted by Gasteiger charge is 2.14. The fourth-order valence-corrected chi connectivity index (χ4v) is 1.89. The molecule has 0 bridgehead atoms. The van der Waals surface area contributed by atoms with Crippen molar-refractivity contribution in [3.63, 3.8) is 0 Å². The van der Waals surface area contributed by atoms with Gasteiger partial charge in [-0.25, -0.2) is 5.43 Å². The first-order valence-corrected chi connectivity index (χ1v) is 6.12. The molecule has 1 aliphatic rings. The molecule has 0 unspecified atom stereocenters. The average Bonchev–Trinajstić information content (AvgIpc) is 2.37. The summed E-state index contributed by atoms with van der Waals surface area (Å²) in [7, 11) is 2.05. The maximum atomic E-state index is 11.8. The van der Waals surface area contributed by atoms with E-state index in [1.807, 2.05) is 7.05 Å². The van der Waals surface area contributed by atoms with Gasteiger partial charge in [-0.3, -0.25) is 4.79 Å². The van der Waals surface area contributed by atoms with Crippen LogP contribution in [0.5, 0.6) is 11.5 Å². The van der Waals surface area contributed by atoms with E-state index < -0.39 is 5.91 Å². The van der Waals surface area contributed by atoms with Gasteiger partial charge in [0.1, 0.15) is 11.5 Å². The minimum absolute atomic E-state index is 0.0873. The van der Waals surface area contributed by atoms with E-state index in [1.165, 1.54) is 12.1 Å². The Balaban J connectivity index is 1.99. The third-order valence-electron chi connectivity index (χ3n) is 3.11. The monoisotopic (exact) mass is 263 g/mol. The van der Waals surface area contributed by atoms with Crippen LogP contribution in [0.2, 0.25) is 0 Å². The van der Waals surface area contributed by atoms with Gasteiger partial charge in [0.15, 0.2) is 0 Å². The van der Waals surface area contributed by atoms with Crippen molar-refractivity contribution in [3.05, 3.63) is 23.8 Å². The van der Waals surface area contributed by atoms with Gasteiger partial charge in [0, 0.05) is 37.7 Å². The van der Waals surface area contributed by atoms with Crippen molar-refractivity contribution < 1.29 is 15.0 Å². The highest BCUT2D eigenvalue weighted by molar-refractivity contribution is 5.98. The quantitative estimate of drug-likeness (QED) is 0.692. The summed E-state index contributed by atoms with van der Waals surface area (Å²) in [5, 5.41) is 22.8. The second-order valence-electron chi connectivity index (χ2n) is 4.62. The van der Waals surface area contributed by atoms with Crippen molar-refractivity contribution in [3.8, 4) is 11.5 Å². The molecule has 3 N–H and O–H groups in total. The lowest BCUT2D eigenvalue weighted by molar-refractivity contribution is 0.0952. The Kier molecular flexibility index (Phi) is 4.01. The normalized spacial score (nSPS) is 16.2. The lowest BCUT2D eigenvalue weighted by atomic mass is 10.1. The summed E-state index contributed by atoms with van der Waals surface area (Å²) in [5.74, 6) is -0.833. The number of likely N-dealkylation sites (tertiary alicyclic amines) is 1. The number of hydrogen-bond donors (Lipinski definition) is 3. The van der Waals surface area contributed by atoms with Gasteiger partial charge in [0.05, 0.1) is 5.56 Å². The highest BCUT2D eigenvalue weighted by Crippen LogP contribution is 2.22. The largest absolute Gasteiger partial charge is 0.508 e. The minimum Gasteiger partial charge on any atom is -0.508 e. The first-order valence-electron chi connectivity index (χ1n) is 6.12. The van der Waals surface area contributed by atoms with Crippen LogP contribution in [0.1, 0.15) is 23.2 Å². The van der Waals surface area contributed by atoms with Crippen LogP contribution < -0.4 is 5.43 Å². The van der Waals surface area contributed by atoms with E-state index in [0.717, 1.165) is 37.7 Å². The van der Waals surface area contributed by atoms with E-state index in [-0.39, 0.29) is 17.1 Å². The van der Waals surface area contributed by atoms with Crippen LogP contribution in [0.3, 0.4) is 0 Å². The summed E-state index contributed by atoms with van der Waals surface area (Å²) in [5.41, 5.74) is 3.47. The van der Waals surface area contributed by atoms with E-state index in [0.29, 0.717) is 0 Å². The SMILES string of the molecule is CN1CCC(=NNC(=O)c2ccc(O)cc2O)CC1. The third-order valence-corrected chi connectivity index (χ3v) is 3.11. The molecular weight excluding hydrogens is 246 g/mol. The number of carbonyl (C=O) groups is 1. The number of hydrogen-bond acceptors (Lipinski definition) is 5. The number of nitrogens with one attached hydrogen (secondary N) is 1. The molecule has 1 saturated heterocycles. The van der Waals surface area contributed by atoms with E-state index >= 15 is 0 Å². The third kappa shape index (κ3) is 3.45. The molecule has 1 aliphatic heterocycles. The predicted molar refractivity (Wildman–Crippen MR) is 71.4 cm³/mol. The van der Waals surface area contributed by atoms with Gasteiger partial charge in [0.25, 0.3) is 5.91 Å². The number of hydrazone groups is 1. The number of phenolic OH excluding ortho intramolecular Hbond substituents is 2. The molecule has 1 heterocycles. The predicted octanol–water partition coefficient (Wildman–Crippen LogP) is 0.909. The Labute approximate surface area is 111 Å². The Morgan fingerprint density at radius 3 is 2.63 bits per heavy atom.